The lowest BCUT2D eigenvalue weighted by molar-refractivity contribution is -0.133. The third-order valence-electron chi connectivity index (χ3n) is 2.42. The molecule has 0 saturated heterocycles. The number of aliphatic carboxylic acids is 1. The van der Waals surface area contributed by atoms with Gasteiger partial charge in [0.05, 0.1) is 5.75 Å². The van der Waals surface area contributed by atoms with Crippen LogP contribution in [0.4, 0.5) is 0 Å². The van der Waals surface area contributed by atoms with Crippen molar-refractivity contribution in [3.05, 3.63) is 28.8 Å². The Morgan fingerprint density at radius 3 is 2.89 bits per heavy atom. The van der Waals surface area contributed by atoms with Crippen LogP contribution in [0.1, 0.15) is 5.56 Å². The molecule has 0 fully saturated rings. The summed E-state index contributed by atoms with van der Waals surface area (Å²) < 4.78 is 1.28. The Balaban J connectivity index is 2.33. The molecule has 0 bridgehead atoms. The van der Waals surface area contributed by atoms with Gasteiger partial charge in [0.2, 0.25) is 5.16 Å². The Hall–Kier alpha value is -1.73. The lowest BCUT2D eigenvalue weighted by Gasteiger charge is -2.06. The maximum absolute atomic E-state index is 10.5. The topological polar surface area (TPSA) is 94.0 Å². The lowest BCUT2D eigenvalue weighted by atomic mass is 10.1. The van der Waals surface area contributed by atoms with E-state index in [-0.39, 0.29) is 5.75 Å². The zero-order valence-electron chi connectivity index (χ0n) is 10.00. The maximum Gasteiger partial charge on any atom is 0.313 e. The molecule has 2 aromatic rings. The number of aryl methyl sites for hydroxylation is 1. The second-order valence-electron chi connectivity index (χ2n) is 3.82. The number of hydrogen-bond donors (Lipinski definition) is 2. The number of nitrogens with two attached hydrogens (primary N) is 1. The molecule has 2 rings (SSSR count). The van der Waals surface area contributed by atoms with Gasteiger partial charge in [0.1, 0.15) is 0 Å². The van der Waals surface area contributed by atoms with Gasteiger partial charge < -0.3 is 10.9 Å². The highest BCUT2D eigenvalue weighted by Crippen LogP contribution is 2.26. The van der Waals surface area contributed by atoms with Crippen LogP contribution in [0.2, 0.25) is 5.02 Å². The molecule has 0 unspecified atom stereocenters. The van der Waals surface area contributed by atoms with E-state index < -0.39 is 5.97 Å². The number of rotatable bonds is 4. The van der Waals surface area contributed by atoms with Crippen LogP contribution in [-0.4, -0.2) is 31.7 Å². The average molecular weight is 299 g/mol. The van der Waals surface area contributed by atoms with Gasteiger partial charge in [-0.1, -0.05) is 23.4 Å². The molecule has 1 aromatic carbocycles. The molecule has 0 aliphatic carbocycles. The number of nitrogens with zero attached hydrogens (tertiary/aromatic N) is 3. The van der Waals surface area contributed by atoms with Gasteiger partial charge in [0, 0.05) is 10.6 Å². The summed E-state index contributed by atoms with van der Waals surface area (Å²) >= 11 is 6.91. The van der Waals surface area contributed by atoms with E-state index in [1.54, 1.807) is 18.2 Å². The van der Waals surface area contributed by atoms with E-state index >= 15 is 0 Å². The average Bonchev–Trinajstić information content (AvgIpc) is 2.68. The maximum atomic E-state index is 10.5. The number of carboxylic acids is 1. The lowest BCUT2D eigenvalue weighted by Crippen LogP contribution is -2.12. The van der Waals surface area contributed by atoms with E-state index in [2.05, 4.69) is 10.2 Å². The summed E-state index contributed by atoms with van der Waals surface area (Å²) in [6.07, 6.45) is 0. The van der Waals surface area contributed by atoms with Crippen LogP contribution < -0.4 is 5.84 Å². The molecule has 0 amide bonds. The van der Waals surface area contributed by atoms with Gasteiger partial charge in [0.25, 0.3) is 0 Å². The Morgan fingerprint density at radius 2 is 2.26 bits per heavy atom. The van der Waals surface area contributed by atoms with Crippen molar-refractivity contribution in [2.45, 2.75) is 12.1 Å². The minimum Gasteiger partial charge on any atom is -0.481 e. The summed E-state index contributed by atoms with van der Waals surface area (Å²) in [5.41, 5.74) is 1.72. The molecular formula is C11H11ClN4O2S. The highest BCUT2D eigenvalue weighted by molar-refractivity contribution is 7.99. The molecule has 0 radical (unpaired) electrons. The molecule has 3 N–H and O–H groups in total. The van der Waals surface area contributed by atoms with Crippen molar-refractivity contribution in [2.24, 2.45) is 0 Å². The Morgan fingerprint density at radius 1 is 1.53 bits per heavy atom. The van der Waals surface area contributed by atoms with Gasteiger partial charge in [-0.2, -0.15) is 0 Å². The first-order valence-electron chi connectivity index (χ1n) is 5.30. The van der Waals surface area contributed by atoms with Crippen molar-refractivity contribution >= 4 is 29.3 Å². The number of nitrogen functional groups attached to an aromatic ring is 1. The van der Waals surface area contributed by atoms with Crippen LogP contribution in [0.5, 0.6) is 0 Å². The van der Waals surface area contributed by atoms with Crippen molar-refractivity contribution in [1.82, 2.24) is 14.9 Å². The van der Waals surface area contributed by atoms with E-state index in [0.717, 1.165) is 22.9 Å². The quantitative estimate of drug-likeness (QED) is 0.660. The molecule has 100 valence electrons. The molecule has 0 spiro atoms. The number of aromatic nitrogens is 3. The third-order valence-corrected chi connectivity index (χ3v) is 3.58. The SMILES string of the molecule is Cc1cc(Cl)ccc1-c1nnc(SCC(=O)O)n1N. The first-order valence-corrected chi connectivity index (χ1v) is 6.67. The van der Waals surface area contributed by atoms with Crippen LogP contribution >= 0.6 is 23.4 Å². The van der Waals surface area contributed by atoms with E-state index in [1.165, 1.54) is 4.68 Å². The molecular weight excluding hydrogens is 288 g/mol. The number of hydrogen-bond acceptors (Lipinski definition) is 5. The highest BCUT2D eigenvalue weighted by Gasteiger charge is 2.15. The molecule has 19 heavy (non-hydrogen) atoms. The molecule has 0 aliphatic rings. The van der Waals surface area contributed by atoms with Gasteiger partial charge in [0.15, 0.2) is 5.82 Å². The number of benzene rings is 1. The number of carboxylic acid groups (broad SMARTS) is 1. The summed E-state index contributed by atoms with van der Waals surface area (Å²) in [5, 5.41) is 17.5. The van der Waals surface area contributed by atoms with E-state index in [9.17, 15) is 4.79 Å². The van der Waals surface area contributed by atoms with Crippen LogP contribution in [0.3, 0.4) is 0 Å². The summed E-state index contributed by atoms with van der Waals surface area (Å²) in [7, 11) is 0. The first kappa shape index (κ1) is 13.7. The molecule has 0 saturated carbocycles. The molecule has 8 heteroatoms. The number of carbonyl (C=O) groups is 1. The number of halogens is 1. The molecule has 1 heterocycles. The molecule has 0 aliphatic heterocycles. The second kappa shape index (κ2) is 5.50. The van der Waals surface area contributed by atoms with Gasteiger partial charge in [-0.3, -0.25) is 4.79 Å². The second-order valence-corrected chi connectivity index (χ2v) is 5.20. The standard InChI is InChI=1S/C11H11ClN4O2S/c1-6-4-7(12)2-3-8(6)10-14-15-11(16(10)13)19-5-9(17)18/h2-4H,5,13H2,1H3,(H,17,18). The van der Waals surface area contributed by atoms with Gasteiger partial charge in [-0.25, -0.2) is 4.68 Å². The first-order chi connectivity index (χ1) is 8.99. The molecule has 6 nitrogen and oxygen atoms in total. The highest BCUT2D eigenvalue weighted by atomic mass is 35.5. The van der Waals surface area contributed by atoms with Crippen molar-refractivity contribution in [3.8, 4) is 11.4 Å². The van der Waals surface area contributed by atoms with Crippen LogP contribution in [0, 0.1) is 6.92 Å². The fraction of sp³-hybridized carbons (Fsp3) is 0.182. The largest absolute Gasteiger partial charge is 0.481 e. The Kier molecular flexibility index (Phi) is 3.96. The fourth-order valence-electron chi connectivity index (χ4n) is 1.56. The van der Waals surface area contributed by atoms with Crippen LogP contribution in [0.25, 0.3) is 11.4 Å². The monoisotopic (exact) mass is 298 g/mol. The summed E-state index contributed by atoms with van der Waals surface area (Å²) in [6.45, 7) is 1.89. The van der Waals surface area contributed by atoms with Gasteiger partial charge in [-0.15, -0.1) is 10.2 Å². The summed E-state index contributed by atoms with van der Waals surface area (Å²) in [6, 6.07) is 5.34. The zero-order valence-corrected chi connectivity index (χ0v) is 11.6. The summed E-state index contributed by atoms with van der Waals surface area (Å²) in [5.74, 6) is 5.30. The van der Waals surface area contributed by atoms with Crippen molar-refractivity contribution in [3.63, 3.8) is 0 Å². The van der Waals surface area contributed by atoms with Crippen LogP contribution in [-0.2, 0) is 4.79 Å². The summed E-state index contributed by atoms with van der Waals surface area (Å²) in [4.78, 5) is 10.5. The third kappa shape index (κ3) is 2.99. The predicted octanol–water partition coefficient (Wildman–Crippen LogP) is 1.80. The van der Waals surface area contributed by atoms with Gasteiger partial charge >= 0.3 is 5.97 Å². The normalized spacial score (nSPS) is 10.6. The van der Waals surface area contributed by atoms with E-state index in [1.807, 2.05) is 6.92 Å². The van der Waals surface area contributed by atoms with E-state index in [4.69, 9.17) is 22.6 Å². The predicted molar refractivity (Wildman–Crippen MR) is 73.7 cm³/mol. The Labute approximate surface area is 118 Å². The Bertz CT molecular complexity index is 629. The van der Waals surface area contributed by atoms with E-state index in [0.29, 0.717) is 16.0 Å². The fourth-order valence-corrected chi connectivity index (χ4v) is 2.37. The minimum atomic E-state index is -0.933. The minimum absolute atomic E-state index is 0.116. The van der Waals surface area contributed by atoms with Gasteiger partial charge in [-0.05, 0) is 30.7 Å². The smallest absolute Gasteiger partial charge is 0.313 e. The van der Waals surface area contributed by atoms with Crippen molar-refractivity contribution in [1.29, 1.82) is 0 Å². The number of thioether (sulfide) groups is 1. The zero-order chi connectivity index (χ0) is 14.0. The van der Waals surface area contributed by atoms with Crippen molar-refractivity contribution < 1.29 is 9.90 Å². The molecule has 1 aromatic heterocycles. The van der Waals surface area contributed by atoms with Crippen LogP contribution in [0.15, 0.2) is 23.4 Å². The van der Waals surface area contributed by atoms with Crippen molar-refractivity contribution in [2.75, 3.05) is 11.6 Å². The molecule has 0 atom stereocenters.